The molecule has 1 atom stereocenters. The minimum Gasteiger partial charge on any atom is -0.310 e. The van der Waals surface area contributed by atoms with Crippen LogP contribution in [0.15, 0.2) is 12.1 Å². The Kier molecular flexibility index (Phi) is 6.58. The lowest BCUT2D eigenvalue weighted by atomic mass is 9.98. The van der Waals surface area contributed by atoms with Crippen molar-refractivity contribution in [3.8, 4) is 0 Å². The fourth-order valence-electron chi connectivity index (χ4n) is 2.14. The second-order valence-electron chi connectivity index (χ2n) is 5.14. The molecule has 1 aromatic rings. The molecule has 1 rings (SSSR count). The zero-order valence-electron chi connectivity index (χ0n) is 12.2. The van der Waals surface area contributed by atoms with Gasteiger partial charge in [-0.2, -0.15) is 13.2 Å². The smallest absolute Gasteiger partial charge is 0.310 e. The molecular formula is C15H20F5N. The molecule has 0 aromatic heterocycles. The Labute approximate surface area is 121 Å². The van der Waals surface area contributed by atoms with Crippen LogP contribution in [0, 0.1) is 18.6 Å². The van der Waals surface area contributed by atoms with Crippen LogP contribution in [0.25, 0.3) is 0 Å². The first-order chi connectivity index (χ1) is 9.74. The quantitative estimate of drug-likeness (QED) is 0.695. The van der Waals surface area contributed by atoms with E-state index in [1.807, 2.05) is 6.92 Å². The Bertz CT molecular complexity index is 456. The average Bonchev–Trinajstić information content (AvgIpc) is 2.37. The van der Waals surface area contributed by atoms with E-state index < -0.39 is 30.3 Å². The van der Waals surface area contributed by atoms with Gasteiger partial charge in [0.05, 0.1) is 0 Å². The van der Waals surface area contributed by atoms with Gasteiger partial charge in [-0.1, -0.05) is 6.92 Å². The summed E-state index contributed by atoms with van der Waals surface area (Å²) >= 11 is 0. The second-order valence-corrected chi connectivity index (χ2v) is 5.14. The number of nitrogens with one attached hydrogen (secondary N) is 1. The fourth-order valence-corrected chi connectivity index (χ4v) is 2.14. The van der Waals surface area contributed by atoms with Gasteiger partial charge >= 0.3 is 6.18 Å². The predicted molar refractivity (Wildman–Crippen MR) is 72.0 cm³/mol. The first kappa shape index (κ1) is 17.9. The molecule has 0 aliphatic carbocycles. The molecule has 0 saturated carbocycles. The minimum absolute atomic E-state index is 0.0965. The van der Waals surface area contributed by atoms with Gasteiger partial charge in [0.25, 0.3) is 0 Å². The third kappa shape index (κ3) is 5.99. The maximum Gasteiger partial charge on any atom is 0.389 e. The van der Waals surface area contributed by atoms with Crippen molar-refractivity contribution in [3.05, 3.63) is 34.9 Å². The number of alkyl halides is 3. The standard InChI is InChI=1S/C15H20F5N/c1-3-7-21-14(5-4-6-15(18,19)20)11-8-10(2)12(16)9-13(11)17/h8-9,14,21H,3-7H2,1-2H3. The van der Waals surface area contributed by atoms with E-state index in [0.29, 0.717) is 6.54 Å². The van der Waals surface area contributed by atoms with Gasteiger partial charge < -0.3 is 5.32 Å². The molecule has 0 saturated heterocycles. The summed E-state index contributed by atoms with van der Waals surface area (Å²) in [5.74, 6) is -1.38. The summed E-state index contributed by atoms with van der Waals surface area (Å²) < 4.78 is 63.8. The highest BCUT2D eigenvalue weighted by atomic mass is 19.4. The van der Waals surface area contributed by atoms with Crippen molar-refractivity contribution >= 4 is 0 Å². The summed E-state index contributed by atoms with van der Waals surface area (Å²) in [5, 5.41) is 3.03. The van der Waals surface area contributed by atoms with Gasteiger partial charge in [-0.25, -0.2) is 8.78 Å². The van der Waals surface area contributed by atoms with Crippen LogP contribution in [-0.4, -0.2) is 12.7 Å². The Morgan fingerprint density at radius 1 is 1.14 bits per heavy atom. The molecule has 0 spiro atoms. The van der Waals surface area contributed by atoms with Crippen molar-refractivity contribution in [1.29, 1.82) is 0 Å². The third-order valence-electron chi connectivity index (χ3n) is 3.25. The number of halogens is 5. The maximum atomic E-state index is 13.9. The lowest BCUT2D eigenvalue weighted by Gasteiger charge is -2.20. The Morgan fingerprint density at radius 3 is 2.38 bits per heavy atom. The summed E-state index contributed by atoms with van der Waals surface area (Å²) in [7, 11) is 0. The number of benzene rings is 1. The van der Waals surface area contributed by atoms with Crippen LogP contribution in [-0.2, 0) is 0 Å². The molecule has 0 heterocycles. The highest BCUT2D eigenvalue weighted by Gasteiger charge is 2.27. The van der Waals surface area contributed by atoms with Gasteiger partial charge in [0.1, 0.15) is 11.6 Å². The molecule has 1 aromatic carbocycles. The molecule has 1 N–H and O–H groups in total. The van der Waals surface area contributed by atoms with E-state index in [4.69, 9.17) is 0 Å². The topological polar surface area (TPSA) is 12.0 Å². The second kappa shape index (κ2) is 7.73. The van der Waals surface area contributed by atoms with Gasteiger partial charge in [0.15, 0.2) is 0 Å². The normalized spacial score (nSPS) is 13.5. The lowest BCUT2D eigenvalue weighted by molar-refractivity contribution is -0.135. The number of aryl methyl sites for hydroxylation is 1. The molecule has 120 valence electrons. The van der Waals surface area contributed by atoms with Crippen molar-refractivity contribution in [2.75, 3.05) is 6.54 Å². The van der Waals surface area contributed by atoms with Crippen LogP contribution in [0.4, 0.5) is 22.0 Å². The SMILES string of the molecule is CCCNC(CCCC(F)(F)F)c1cc(C)c(F)cc1F. The van der Waals surface area contributed by atoms with Gasteiger partial charge in [-0.3, -0.25) is 0 Å². The first-order valence-electron chi connectivity index (χ1n) is 7.00. The monoisotopic (exact) mass is 309 g/mol. The van der Waals surface area contributed by atoms with E-state index in [2.05, 4.69) is 5.32 Å². The van der Waals surface area contributed by atoms with Crippen molar-refractivity contribution in [2.24, 2.45) is 0 Å². The number of hydrogen-bond donors (Lipinski definition) is 1. The maximum absolute atomic E-state index is 13.9. The third-order valence-corrected chi connectivity index (χ3v) is 3.25. The number of hydrogen-bond acceptors (Lipinski definition) is 1. The van der Waals surface area contributed by atoms with Crippen molar-refractivity contribution in [3.63, 3.8) is 0 Å². The van der Waals surface area contributed by atoms with Gasteiger partial charge in [-0.15, -0.1) is 0 Å². The molecule has 0 bridgehead atoms. The zero-order chi connectivity index (χ0) is 16.0. The molecule has 0 radical (unpaired) electrons. The first-order valence-corrected chi connectivity index (χ1v) is 7.00. The Morgan fingerprint density at radius 2 is 1.81 bits per heavy atom. The molecule has 0 aliphatic rings. The Hall–Kier alpha value is -1.17. The van der Waals surface area contributed by atoms with Crippen molar-refractivity contribution in [2.45, 2.75) is 51.7 Å². The van der Waals surface area contributed by atoms with Crippen LogP contribution in [0.5, 0.6) is 0 Å². The molecule has 0 fully saturated rings. The molecule has 1 nitrogen and oxygen atoms in total. The van der Waals surface area contributed by atoms with E-state index >= 15 is 0 Å². The molecule has 0 amide bonds. The van der Waals surface area contributed by atoms with Crippen molar-refractivity contribution < 1.29 is 22.0 Å². The van der Waals surface area contributed by atoms with E-state index in [1.165, 1.54) is 13.0 Å². The summed E-state index contributed by atoms with van der Waals surface area (Å²) in [6.07, 6.45) is -4.29. The summed E-state index contributed by atoms with van der Waals surface area (Å²) in [4.78, 5) is 0. The zero-order valence-corrected chi connectivity index (χ0v) is 12.2. The highest BCUT2D eigenvalue weighted by molar-refractivity contribution is 5.28. The van der Waals surface area contributed by atoms with Crippen LogP contribution in [0.1, 0.15) is 49.8 Å². The fraction of sp³-hybridized carbons (Fsp3) is 0.600. The summed E-state index contributed by atoms with van der Waals surface area (Å²) in [5.41, 5.74) is 0.509. The molecule has 0 aliphatic heterocycles. The van der Waals surface area contributed by atoms with E-state index in [9.17, 15) is 22.0 Å². The van der Waals surface area contributed by atoms with Crippen molar-refractivity contribution in [1.82, 2.24) is 5.32 Å². The van der Waals surface area contributed by atoms with Crippen LogP contribution in [0.2, 0.25) is 0 Å². The van der Waals surface area contributed by atoms with Gasteiger partial charge in [-0.05, 0) is 44.4 Å². The van der Waals surface area contributed by atoms with E-state index in [0.717, 1.165) is 12.5 Å². The lowest BCUT2D eigenvalue weighted by Crippen LogP contribution is -2.24. The average molecular weight is 309 g/mol. The summed E-state index contributed by atoms with van der Waals surface area (Å²) in [6, 6.07) is 1.62. The van der Waals surface area contributed by atoms with E-state index in [-0.39, 0.29) is 24.0 Å². The Balaban J connectivity index is 2.84. The molecule has 1 unspecified atom stereocenters. The minimum atomic E-state index is -4.22. The van der Waals surface area contributed by atoms with E-state index in [1.54, 1.807) is 0 Å². The highest BCUT2D eigenvalue weighted by Crippen LogP contribution is 2.28. The van der Waals surface area contributed by atoms with Crippen LogP contribution in [0.3, 0.4) is 0 Å². The van der Waals surface area contributed by atoms with Crippen LogP contribution < -0.4 is 5.32 Å². The van der Waals surface area contributed by atoms with Crippen LogP contribution >= 0.6 is 0 Å². The number of rotatable bonds is 7. The predicted octanol–water partition coefficient (Wildman–Crippen LogP) is 5.05. The molecular weight excluding hydrogens is 289 g/mol. The summed E-state index contributed by atoms with van der Waals surface area (Å²) in [6.45, 7) is 3.98. The molecule has 6 heteroatoms. The molecule has 21 heavy (non-hydrogen) atoms. The van der Waals surface area contributed by atoms with Gasteiger partial charge in [0.2, 0.25) is 0 Å². The van der Waals surface area contributed by atoms with Gasteiger partial charge in [0, 0.05) is 24.1 Å². The largest absolute Gasteiger partial charge is 0.389 e.